The highest BCUT2D eigenvalue weighted by atomic mass is 32.2. The molecule has 1 aliphatic heterocycles. The van der Waals surface area contributed by atoms with Gasteiger partial charge in [-0.15, -0.1) is 11.8 Å². The van der Waals surface area contributed by atoms with Crippen molar-refractivity contribution in [3.63, 3.8) is 0 Å². The number of nitrogens with one attached hydrogen (secondary N) is 2. The molecule has 0 aromatic carbocycles. The molecule has 8 heteroatoms. The van der Waals surface area contributed by atoms with Crippen molar-refractivity contribution in [2.75, 3.05) is 31.1 Å². The maximum atomic E-state index is 11.7. The normalized spacial score (nSPS) is 20.9. The Morgan fingerprint density at radius 2 is 1.83 bits per heavy atom. The molecule has 0 aromatic heterocycles. The average molecular weight is 355 g/mol. The zero-order valence-corrected chi connectivity index (χ0v) is 14.8. The van der Waals surface area contributed by atoms with Crippen molar-refractivity contribution >= 4 is 35.4 Å². The molecule has 2 rings (SSSR count). The van der Waals surface area contributed by atoms with E-state index < -0.39 is 0 Å². The van der Waals surface area contributed by atoms with E-state index in [1.54, 1.807) is 6.92 Å². The molecule has 24 heavy (non-hydrogen) atoms. The van der Waals surface area contributed by atoms with Gasteiger partial charge in [-0.25, -0.2) is 0 Å². The van der Waals surface area contributed by atoms with Crippen molar-refractivity contribution in [1.29, 1.82) is 0 Å². The maximum Gasteiger partial charge on any atom is 0.232 e. The quantitative estimate of drug-likeness (QED) is 0.574. The zero-order valence-electron chi connectivity index (χ0n) is 14.0. The van der Waals surface area contributed by atoms with E-state index in [9.17, 15) is 19.2 Å². The number of amides is 4. The van der Waals surface area contributed by atoms with Crippen LogP contribution in [0.25, 0.3) is 0 Å². The number of rotatable bonds is 9. The van der Waals surface area contributed by atoms with E-state index in [1.807, 2.05) is 0 Å². The summed E-state index contributed by atoms with van der Waals surface area (Å²) in [5.41, 5.74) is 0. The lowest BCUT2D eigenvalue weighted by molar-refractivity contribution is -0.139. The number of thioether (sulfide) groups is 1. The molecular formula is C16H25N3O4S. The van der Waals surface area contributed by atoms with E-state index in [0.29, 0.717) is 5.92 Å². The number of carbonyl (C=O) groups is 4. The molecule has 1 heterocycles. The Hall–Kier alpha value is -1.57. The van der Waals surface area contributed by atoms with Crippen LogP contribution in [-0.2, 0) is 19.2 Å². The molecule has 1 saturated carbocycles. The number of nitrogens with zero attached hydrogens (tertiary/aromatic N) is 1. The molecule has 0 bridgehead atoms. The second kappa shape index (κ2) is 9.05. The summed E-state index contributed by atoms with van der Waals surface area (Å²) in [4.78, 5) is 47.8. The van der Waals surface area contributed by atoms with Crippen molar-refractivity contribution in [3.8, 4) is 0 Å². The highest BCUT2D eigenvalue weighted by Gasteiger charge is 2.34. The van der Waals surface area contributed by atoms with Gasteiger partial charge in [0.05, 0.1) is 11.5 Å². The fourth-order valence-corrected chi connectivity index (χ4v) is 3.36. The van der Waals surface area contributed by atoms with Crippen molar-refractivity contribution in [2.45, 2.75) is 32.6 Å². The number of likely N-dealkylation sites (tertiary alicyclic amines) is 1. The van der Waals surface area contributed by atoms with Crippen LogP contribution in [0.4, 0.5) is 0 Å². The Labute approximate surface area is 146 Å². The van der Waals surface area contributed by atoms with Gasteiger partial charge in [-0.3, -0.25) is 24.1 Å². The number of imide groups is 1. The molecule has 0 spiro atoms. The zero-order chi connectivity index (χ0) is 17.5. The summed E-state index contributed by atoms with van der Waals surface area (Å²) in [5, 5.41) is 5.55. The second-order valence-electron chi connectivity index (χ2n) is 6.43. The van der Waals surface area contributed by atoms with E-state index >= 15 is 0 Å². The SMILES string of the molecule is C[C@H]1CC(=O)N(CCNC(=O)CSCC(=O)NCC2CCC2)C1=O. The van der Waals surface area contributed by atoms with Gasteiger partial charge in [0.1, 0.15) is 0 Å². The minimum Gasteiger partial charge on any atom is -0.355 e. The molecule has 0 radical (unpaired) electrons. The summed E-state index contributed by atoms with van der Waals surface area (Å²) < 4.78 is 0. The van der Waals surface area contributed by atoms with Gasteiger partial charge in [0.15, 0.2) is 0 Å². The number of hydrogen-bond donors (Lipinski definition) is 2. The summed E-state index contributed by atoms with van der Waals surface area (Å²) in [6, 6.07) is 0. The van der Waals surface area contributed by atoms with Gasteiger partial charge in [-0.2, -0.15) is 0 Å². The standard InChI is InChI=1S/C16H25N3O4S/c1-11-7-15(22)19(16(11)23)6-5-17-13(20)9-24-10-14(21)18-8-12-3-2-4-12/h11-12H,2-10H2,1H3,(H,17,20)(H,18,21)/t11-/m0/s1. The smallest absolute Gasteiger partial charge is 0.232 e. The van der Waals surface area contributed by atoms with Crippen molar-refractivity contribution in [3.05, 3.63) is 0 Å². The highest BCUT2D eigenvalue weighted by molar-refractivity contribution is 8.00. The molecule has 1 saturated heterocycles. The van der Waals surface area contributed by atoms with Crippen LogP contribution in [0, 0.1) is 11.8 Å². The predicted octanol–water partition coefficient (Wildman–Crippen LogP) is 0.147. The monoisotopic (exact) mass is 355 g/mol. The third-order valence-electron chi connectivity index (χ3n) is 4.41. The van der Waals surface area contributed by atoms with Gasteiger partial charge in [-0.05, 0) is 18.8 Å². The Bertz CT molecular complexity index is 508. The summed E-state index contributed by atoms with van der Waals surface area (Å²) in [5.74, 6) is 0.227. The first kappa shape index (κ1) is 18.8. The van der Waals surface area contributed by atoms with Crippen LogP contribution in [-0.4, -0.2) is 59.7 Å². The maximum absolute atomic E-state index is 11.7. The molecule has 1 aliphatic carbocycles. The lowest BCUT2D eigenvalue weighted by Crippen LogP contribution is -2.39. The summed E-state index contributed by atoms with van der Waals surface area (Å²) in [6.07, 6.45) is 3.88. The lowest BCUT2D eigenvalue weighted by atomic mass is 9.85. The minimum absolute atomic E-state index is 0.0399. The predicted molar refractivity (Wildman–Crippen MR) is 91.2 cm³/mol. The number of carbonyl (C=O) groups excluding carboxylic acids is 4. The van der Waals surface area contributed by atoms with E-state index in [2.05, 4.69) is 10.6 Å². The van der Waals surface area contributed by atoms with Crippen LogP contribution in [0.3, 0.4) is 0 Å². The molecule has 0 unspecified atom stereocenters. The van der Waals surface area contributed by atoms with Crippen molar-refractivity contribution < 1.29 is 19.2 Å². The topological polar surface area (TPSA) is 95.6 Å². The van der Waals surface area contributed by atoms with E-state index in [0.717, 1.165) is 6.54 Å². The lowest BCUT2D eigenvalue weighted by Gasteiger charge is -2.25. The van der Waals surface area contributed by atoms with Gasteiger partial charge in [0, 0.05) is 32.0 Å². The fourth-order valence-electron chi connectivity index (χ4n) is 2.68. The van der Waals surface area contributed by atoms with Crippen LogP contribution in [0.2, 0.25) is 0 Å². The summed E-state index contributed by atoms with van der Waals surface area (Å²) in [6.45, 7) is 2.92. The largest absolute Gasteiger partial charge is 0.355 e. The third kappa shape index (κ3) is 5.51. The van der Waals surface area contributed by atoms with E-state index in [1.165, 1.54) is 35.9 Å². The van der Waals surface area contributed by atoms with Gasteiger partial charge < -0.3 is 10.6 Å². The molecular weight excluding hydrogens is 330 g/mol. The first-order valence-corrected chi connectivity index (χ1v) is 9.58. The molecule has 2 fully saturated rings. The molecule has 0 aromatic rings. The average Bonchev–Trinajstić information content (AvgIpc) is 2.72. The summed E-state index contributed by atoms with van der Waals surface area (Å²) in [7, 11) is 0. The van der Waals surface area contributed by atoms with Crippen LogP contribution >= 0.6 is 11.8 Å². The van der Waals surface area contributed by atoms with Crippen molar-refractivity contribution in [1.82, 2.24) is 15.5 Å². The minimum atomic E-state index is -0.262. The molecule has 2 N–H and O–H groups in total. The fraction of sp³-hybridized carbons (Fsp3) is 0.750. The molecule has 134 valence electrons. The Morgan fingerprint density at radius 3 is 2.38 bits per heavy atom. The first-order valence-electron chi connectivity index (χ1n) is 8.42. The molecule has 1 atom stereocenters. The molecule has 4 amide bonds. The van der Waals surface area contributed by atoms with Crippen LogP contribution in [0.1, 0.15) is 32.6 Å². The van der Waals surface area contributed by atoms with Gasteiger partial charge in [0.2, 0.25) is 23.6 Å². The highest BCUT2D eigenvalue weighted by Crippen LogP contribution is 2.25. The van der Waals surface area contributed by atoms with Gasteiger partial charge in [-0.1, -0.05) is 13.3 Å². The van der Waals surface area contributed by atoms with E-state index in [-0.39, 0.29) is 60.6 Å². The summed E-state index contributed by atoms with van der Waals surface area (Å²) >= 11 is 1.26. The first-order chi connectivity index (χ1) is 11.5. The van der Waals surface area contributed by atoms with Crippen LogP contribution in [0.5, 0.6) is 0 Å². The second-order valence-corrected chi connectivity index (χ2v) is 7.42. The third-order valence-corrected chi connectivity index (χ3v) is 5.34. The van der Waals surface area contributed by atoms with Gasteiger partial charge in [0.25, 0.3) is 0 Å². The Morgan fingerprint density at radius 1 is 1.17 bits per heavy atom. The van der Waals surface area contributed by atoms with Crippen molar-refractivity contribution in [2.24, 2.45) is 11.8 Å². The van der Waals surface area contributed by atoms with Gasteiger partial charge >= 0.3 is 0 Å². The molecule has 7 nitrogen and oxygen atoms in total. The Balaban J connectivity index is 1.51. The number of hydrogen-bond acceptors (Lipinski definition) is 5. The Kier molecular flexibility index (Phi) is 7.08. The van der Waals surface area contributed by atoms with E-state index in [4.69, 9.17) is 0 Å². The van der Waals surface area contributed by atoms with Crippen LogP contribution in [0.15, 0.2) is 0 Å². The van der Waals surface area contributed by atoms with Crippen LogP contribution < -0.4 is 10.6 Å². The molecule has 2 aliphatic rings.